The number of carbonyl (C=O) groups is 2. The molecule has 0 unspecified atom stereocenters. The van der Waals surface area contributed by atoms with E-state index in [4.69, 9.17) is 34.5 Å². The van der Waals surface area contributed by atoms with Crippen LogP contribution < -0.4 is 27.8 Å². The maximum absolute atomic E-state index is 11.5. The lowest BCUT2D eigenvalue weighted by molar-refractivity contribution is -0.119. The highest BCUT2D eigenvalue weighted by molar-refractivity contribution is 7.81. The van der Waals surface area contributed by atoms with Crippen LogP contribution >= 0.6 is 12.2 Å². The molecule has 1 rings (SSSR count). The molecule has 9 heteroatoms. The summed E-state index contributed by atoms with van der Waals surface area (Å²) in [7, 11) is 0. The molecule has 1 aromatic carbocycles. The number of benzene rings is 1. The SMILES string of the molecule is CC(N)=CC(=S)Nc1cc(N[C@H](CO)C(N)=O)ccc1C(N)=O. The Morgan fingerprint density at radius 2 is 2.00 bits per heavy atom. The van der Waals surface area contributed by atoms with Crippen LogP contribution in [0.1, 0.15) is 17.3 Å². The molecule has 23 heavy (non-hydrogen) atoms. The van der Waals surface area contributed by atoms with Gasteiger partial charge in [0.05, 0.1) is 17.9 Å². The molecule has 0 aliphatic heterocycles. The third kappa shape index (κ3) is 5.57. The van der Waals surface area contributed by atoms with E-state index >= 15 is 0 Å². The molecule has 0 spiro atoms. The van der Waals surface area contributed by atoms with Crippen molar-refractivity contribution in [3.8, 4) is 0 Å². The highest BCUT2D eigenvalue weighted by atomic mass is 32.1. The minimum atomic E-state index is -0.958. The van der Waals surface area contributed by atoms with E-state index in [2.05, 4.69) is 10.6 Å². The third-order valence-corrected chi connectivity index (χ3v) is 2.99. The predicted octanol–water partition coefficient (Wildman–Crippen LogP) is -0.355. The summed E-state index contributed by atoms with van der Waals surface area (Å²) in [5.41, 5.74) is 17.5. The monoisotopic (exact) mass is 337 g/mol. The summed E-state index contributed by atoms with van der Waals surface area (Å²) in [5, 5.41) is 14.7. The summed E-state index contributed by atoms with van der Waals surface area (Å²) in [4.78, 5) is 22.9. The Hall–Kier alpha value is -2.65. The summed E-state index contributed by atoms with van der Waals surface area (Å²) in [6, 6.07) is 3.56. The Bertz CT molecular complexity index is 656. The Balaban J connectivity index is 3.12. The van der Waals surface area contributed by atoms with Crippen molar-refractivity contribution >= 4 is 40.4 Å². The molecule has 124 valence electrons. The zero-order valence-corrected chi connectivity index (χ0v) is 13.3. The van der Waals surface area contributed by atoms with Crippen LogP contribution in [0.25, 0.3) is 0 Å². The standard InChI is InChI=1S/C14H19N5O3S/c1-7(15)4-12(23)19-10-5-8(2-3-9(10)13(16)21)18-11(6-20)14(17)22/h2-5,11,18,20H,6,15H2,1H3,(H2,16,21)(H2,17,22)(H,19,23)/t11-/m1/s1. The molecule has 0 aliphatic carbocycles. The van der Waals surface area contributed by atoms with Gasteiger partial charge in [0.15, 0.2) is 0 Å². The molecular formula is C14H19N5O3S. The summed E-state index contributed by atoms with van der Waals surface area (Å²) in [5.74, 6) is -1.36. The van der Waals surface area contributed by atoms with Gasteiger partial charge in [-0.3, -0.25) is 9.59 Å². The number of rotatable bonds is 7. The number of nitrogens with two attached hydrogens (primary N) is 3. The van der Waals surface area contributed by atoms with Gasteiger partial charge < -0.3 is 32.9 Å². The summed E-state index contributed by atoms with van der Waals surface area (Å²) >= 11 is 5.10. The van der Waals surface area contributed by atoms with Crippen molar-refractivity contribution in [2.24, 2.45) is 17.2 Å². The third-order valence-electron chi connectivity index (χ3n) is 2.77. The first kappa shape index (κ1) is 18.4. The number of aliphatic hydroxyl groups is 1. The van der Waals surface area contributed by atoms with Gasteiger partial charge in [0.25, 0.3) is 5.91 Å². The van der Waals surface area contributed by atoms with E-state index in [0.717, 1.165) is 0 Å². The highest BCUT2D eigenvalue weighted by Gasteiger charge is 2.15. The number of nitrogens with one attached hydrogen (secondary N) is 2. The van der Waals surface area contributed by atoms with E-state index in [9.17, 15) is 9.59 Å². The molecular weight excluding hydrogens is 318 g/mol. The number of hydrogen-bond donors (Lipinski definition) is 6. The van der Waals surface area contributed by atoms with Crippen molar-refractivity contribution in [2.75, 3.05) is 17.2 Å². The van der Waals surface area contributed by atoms with E-state index in [-0.39, 0.29) is 5.56 Å². The van der Waals surface area contributed by atoms with Crippen molar-refractivity contribution in [3.63, 3.8) is 0 Å². The number of thiocarbonyl (C=S) groups is 1. The van der Waals surface area contributed by atoms with E-state index in [1.165, 1.54) is 24.3 Å². The number of allylic oxidation sites excluding steroid dienone is 1. The van der Waals surface area contributed by atoms with E-state index in [1.807, 2.05) is 0 Å². The van der Waals surface area contributed by atoms with Crippen molar-refractivity contribution in [1.29, 1.82) is 0 Å². The lowest BCUT2D eigenvalue weighted by atomic mass is 10.1. The van der Waals surface area contributed by atoms with Crippen molar-refractivity contribution in [1.82, 2.24) is 0 Å². The van der Waals surface area contributed by atoms with Crippen LogP contribution in [-0.2, 0) is 4.79 Å². The number of primary amides is 2. The average molecular weight is 337 g/mol. The number of anilines is 2. The van der Waals surface area contributed by atoms with Gasteiger partial charge >= 0.3 is 0 Å². The van der Waals surface area contributed by atoms with Crippen LogP contribution in [0.3, 0.4) is 0 Å². The van der Waals surface area contributed by atoms with Crippen LogP contribution in [0.2, 0.25) is 0 Å². The van der Waals surface area contributed by atoms with Gasteiger partial charge in [-0.2, -0.15) is 0 Å². The summed E-state index contributed by atoms with van der Waals surface area (Å²) in [6.07, 6.45) is 1.51. The van der Waals surface area contributed by atoms with Crippen LogP contribution in [0.5, 0.6) is 0 Å². The Morgan fingerprint density at radius 1 is 1.35 bits per heavy atom. The molecule has 1 aromatic rings. The van der Waals surface area contributed by atoms with Gasteiger partial charge in [0.1, 0.15) is 11.0 Å². The Labute approximate surface area is 138 Å². The topological polar surface area (TPSA) is 156 Å². The molecule has 0 saturated heterocycles. The van der Waals surface area contributed by atoms with Gasteiger partial charge in [0, 0.05) is 11.4 Å². The van der Waals surface area contributed by atoms with Gasteiger partial charge in [-0.05, 0) is 31.2 Å². The van der Waals surface area contributed by atoms with E-state index < -0.39 is 24.5 Å². The van der Waals surface area contributed by atoms with Crippen LogP contribution in [0, 0.1) is 0 Å². The Kier molecular flexibility index (Phi) is 6.49. The summed E-state index contributed by atoms with van der Waals surface area (Å²) < 4.78 is 0. The van der Waals surface area contributed by atoms with Crippen LogP contribution in [-0.4, -0.2) is 34.6 Å². The fourth-order valence-corrected chi connectivity index (χ4v) is 2.03. The molecule has 1 atom stereocenters. The second-order valence-electron chi connectivity index (χ2n) is 4.78. The van der Waals surface area contributed by atoms with Crippen LogP contribution in [0.4, 0.5) is 11.4 Å². The number of hydrogen-bond acceptors (Lipinski definition) is 6. The molecule has 0 aromatic heterocycles. The number of aliphatic hydroxyl groups excluding tert-OH is 1. The Morgan fingerprint density at radius 3 is 2.48 bits per heavy atom. The molecule has 0 aliphatic rings. The fraction of sp³-hybridized carbons (Fsp3) is 0.214. The number of amides is 2. The predicted molar refractivity (Wildman–Crippen MR) is 92.8 cm³/mol. The molecule has 8 nitrogen and oxygen atoms in total. The smallest absolute Gasteiger partial charge is 0.250 e. The maximum Gasteiger partial charge on any atom is 0.250 e. The molecule has 0 saturated carbocycles. The first-order valence-electron chi connectivity index (χ1n) is 6.60. The van der Waals surface area contributed by atoms with Crippen molar-refractivity contribution in [2.45, 2.75) is 13.0 Å². The van der Waals surface area contributed by atoms with E-state index in [0.29, 0.717) is 22.1 Å². The average Bonchev–Trinajstić information content (AvgIpc) is 2.43. The quantitative estimate of drug-likeness (QED) is 0.293. The molecule has 0 bridgehead atoms. The fourth-order valence-electron chi connectivity index (χ4n) is 1.74. The second-order valence-corrected chi connectivity index (χ2v) is 5.22. The zero-order chi connectivity index (χ0) is 17.6. The van der Waals surface area contributed by atoms with Crippen molar-refractivity contribution in [3.05, 3.63) is 35.5 Å². The molecule has 2 amide bonds. The van der Waals surface area contributed by atoms with Gasteiger partial charge in [-0.25, -0.2) is 0 Å². The minimum absolute atomic E-state index is 0.209. The minimum Gasteiger partial charge on any atom is -0.402 e. The van der Waals surface area contributed by atoms with Gasteiger partial charge in [-0.1, -0.05) is 12.2 Å². The molecule has 0 radical (unpaired) electrons. The largest absolute Gasteiger partial charge is 0.402 e. The maximum atomic E-state index is 11.5. The molecule has 0 fully saturated rings. The summed E-state index contributed by atoms with van der Waals surface area (Å²) in [6.45, 7) is 1.20. The normalized spacial score (nSPS) is 12.3. The molecule has 0 heterocycles. The lowest BCUT2D eigenvalue weighted by Crippen LogP contribution is -2.38. The number of carbonyl (C=O) groups excluding carboxylic acids is 2. The van der Waals surface area contributed by atoms with E-state index in [1.54, 1.807) is 6.92 Å². The van der Waals surface area contributed by atoms with Crippen molar-refractivity contribution < 1.29 is 14.7 Å². The lowest BCUT2D eigenvalue weighted by Gasteiger charge is -2.16. The van der Waals surface area contributed by atoms with Crippen LogP contribution in [0.15, 0.2) is 30.0 Å². The molecule has 9 N–H and O–H groups in total. The van der Waals surface area contributed by atoms with Gasteiger partial charge in [0.2, 0.25) is 5.91 Å². The first-order valence-corrected chi connectivity index (χ1v) is 7.00. The first-order chi connectivity index (χ1) is 10.7. The van der Waals surface area contributed by atoms with Gasteiger partial charge in [-0.15, -0.1) is 0 Å². The highest BCUT2D eigenvalue weighted by Crippen LogP contribution is 2.22. The zero-order valence-electron chi connectivity index (χ0n) is 12.5. The second kappa shape index (κ2) is 8.11.